The highest BCUT2D eigenvalue weighted by molar-refractivity contribution is 9.09. The lowest BCUT2D eigenvalue weighted by Crippen LogP contribution is -2.12. The number of hydrogen-bond acceptors (Lipinski definition) is 2. The predicted octanol–water partition coefficient (Wildman–Crippen LogP) is 2.74. The van der Waals surface area contributed by atoms with Gasteiger partial charge in [0, 0.05) is 6.20 Å². The van der Waals surface area contributed by atoms with Crippen LogP contribution in [-0.4, -0.2) is 11.3 Å². The maximum absolute atomic E-state index is 12.4. The summed E-state index contributed by atoms with van der Waals surface area (Å²) in [4.78, 5) is 12.8. The van der Waals surface area contributed by atoms with Crippen LogP contribution in [0.1, 0.15) is 16.1 Å². The number of halogens is 4. The van der Waals surface area contributed by atoms with Gasteiger partial charge in [-0.1, -0.05) is 15.9 Å². The van der Waals surface area contributed by atoms with Crippen molar-refractivity contribution in [1.82, 2.24) is 4.98 Å². The van der Waals surface area contributed by atoms with E-state index in [0.29, 0.717) is 6.29 Å². The van der Waals surface area contributed by atoms with Gasteiger partial charge in [0.25, 0.3) is 0 Å². The third-order valence-corrected chi connectivity index (χ3v) is 2.17. The number of nitrogens with zero attached hydrogens (tertiary/aromatic N) is 1. The molecule has 0 fully saturated rings. The monoisotopic (exact) mass is 267 g/mol. The second-order valence-electron chi connectivity index (χ2n) is 2.47. The van der Waals surface area contributed by atoms with Crippen LogP contribution >= 0.6 is 15.9 Å². The van der Waals surface area contributed by atoms with E-state index < -0.39 is 16.6 Å². The van der Waals surface area contributed by atoms with Crippen molar-refractivity contribution in [3.63, 3.8) is 0 Å². The Bertz CT molecular complexity index is 340. The first kappa shape index (κ1) is 11.2. The van der Waals surface area contributed by atoms with Crippen molar-refractivity contribution in [1.29, 1.82) is 0 Å². The van der Waals surface area contributed by atoms with Crippen molar-refractivity contribution >= 4 is 22.2 Å². The smallest absolute Gasteiger partial charge is 0.302 e. The molecule has 0 radical (unpaired) electrons. The molecule has 0 spiro atoms. The second kappa shape index (κ2) is 4.08. The van der Waals surface area contributed by atoms with Gasteiger partial charge < -0.3 is 4.79 Å². The van der Waals surface area contributed by atoms with Gasteiger partial charge in [0.2, 0.25) is 0 Å². The minimum Gasteiger partial charge on any atom is -0.302 e. The van der Waals surface area contributed by atoms with E-state index in [4.69, 9.17) is 0 Å². The zero-order valence-electron chi connectivity index (χ0n) is 6.75. The summed E-state index contributed by atoms with van der Waals surface area (Å²) >= 11 is 2.80. The minimum atomic E-state index is -4.49. The van der Waals surface area contributed by atoms with E-state index in [9.17, 15) is 18.0 Å². The number of aromatic nitrogens is 1. The molecule has 1 aromatic heterocycles. The summed E-state index contributed by atoms with van der Waals surface area (Å²) in [6.07, 6.45) is -2.92. The molecule has 1 rings (SSSR count). The van der Waals surface area contributed by atoms with Gasteiger partial charge in [0.05, 0.1) is 11.3 Å². The fourth-order valence-corrected chi connectivity index (χ4v) is 1.31. The zero-order chi connectivity index (χ0) is 10.8. The van der Waals surface area contributed by atoms with Crippen LogP contribution in [0.3, 0.4) is 0 Å². The van der Waals surface area contributed by atoms with Crippen molar-refractivity contribution in [2.75, 3.05) is 0 Å². The molecule has 1 heterocycles. The third-order valence-electron chi connectivity index (χ3n) is 1.52. The SMILES string of the molecule is O=C[C@@H](Br)c1ncccc1C(F)(F)F. The molecule has 14 heavy (non-hydrogen) atoms. The van der Waals surface area contributed by atoms with Gasteiger partial charge in [0.15, 0.2) is 0 Å². The van der Waals surface area contributed by atoms with Gasteiger partial charge in [-0.3, -0.25) is 4.98 Å². The lowest BCUT2D eigenvalue weighted by atomic mass is 10.1. The van der Waals surface area contributed by atoms with E-state index in [1.54, 1.807) is 0 Å². The van der Waals surface area contributed by atoms with E-state index in [1.165, 1.54) is 12.3 Å². The Morgan fingerprint density at radius 1 is 1.50 bits per heavy atom. The predicted molar refractivity (Wildman–Crippen MR) is 47.0 cm³/mol. The average molecular weight is 268 g/mol. The fourth-order valence-electron chi connectivity index (χ4n) is 0.941. The van der Waals surface area contributed by atoms with Gasteiger partial charge >= 0.3 is 6.18 Å². The van der Waals surface area contributed by atoms with Crippen molar-refractivity contribution < 1.29 is 18.0 Å². The van der Waals surface area contributed by atoms with Crippen LogP contribution in [0.15, 0.2) is 18.3 Å². The van der Waals surface area contributed by atoms with Crippen LogP contribution in [-0.2, 0) is 11.0 Å². The van der Waals surface area contributed by atoms with Crippen LogP contribution in [0, 0.1) is 0 Å². The van der Waals surface area contributed by atoms with Crippen LogP contribution in [0.5, 0.6) is 0 Å². The Labute approximate surface area is 86.3 Å². The Morgan fingerprint density at radius 2 is 2.14 bits per heavy atom. The summed E-state index contributed by atoms with van der Waals surface area (Å²) in [7, 11) is 0. The molecule has 0 amide bonds. The molecule has 0 aliphatic carbocycles. The molecule has 76 valence electrons. The Morgan fingerprint density at radius 3 is 2.64 bits per heavy atom. The van der Waals surface area contributed by atoms with Crippen molar-refractivity contribution in [2.24, 2.45) is 0 Å². The number of rotatable bonds is 2. The Balaban J connectivity index is 3.22. The van der Waals surface area contributed by atoms with Gasteiger partial charge in [-0.05, 0) is 12.1 Å². The lowest BCUT2D eigenvalue weighted by molar-refractivity contribution is -0.138. The molecule has 0 bridgehead atoms. The number of alkyl halides is 4. The van der Waals surface area contributed by atoms with Gasteiger partial charge in [0.1, 0.15) is 11.1 Å². The Kier molecular flexibility index (Phi) is 3.25. The van der Waals surface area contributed by atoms with Crippen molar-refractivity contribution in [3.8, 4) is 0 Å². The van der Waals surface area contributed by atoms with E-state index >= 15 is 0 Å². The van der Waals surface area contributed by atoms with E-state index in [-0.39, 0.29) is 5.69 Å². The molecule has 0 N–H and O–H groups in total. The van der Waals surface area contributed by atoms with Crippen LogP contribution in [0.25, 0.3) is 0 Å². The molecule has 0 unspecified atom stereocenters. The maximum Gasteiger partial charge on any atom is 0.418 e. The molecule has 0 saturated carbocycles. The normalized spacial score (nSPS) is 13.7. The van der Waals surface area contributed by atoms with Crippen LogP contribution in [0.2, 0.25) is 0 Å². The van der Waals surface area contributed by atoms with Crippen LogP contribution < -0.4 is 0 Å². The molecular formula is C8H5BrF3NO. The highest BCUT2D eigenvalue weighted by atomic mass is 79.9. The number of hydrogen-bond donors (Lipinski definition) is 0. The quantitative estimate of drug-likeness (QED) is 0.609. The molecule has 0 aliphatic heterocycles. The first-order valence-electron chi connectivity index (χ1n) is 3.58. The van der Waals surface area contributed by atoms with Crippen molar-refractivity contribution in [3.05, 3.63) is 29.6 Å². The largest absolute Gasteiger partial charge is 0.418 e. The zero-order valence-corrected chi connectivity index (χ0v) is 8.34. The first-order valence-corrected chi connectivity index (χ1v) is 4.50. The lowest BCUT2D eigenvalue weighted by Gasteiger charge is -2.11. The molecule has 0 saturated heterocycles. The number of aldehydes is 1. The number of pyridine rings is 1. The molecular weight excluding hydrogens is 263 g/mol. The number of carbonyl (C=O) groups excluding carboxylic acids is 1. The summed E-state index contributed by atoms with van der Waals surface area (Å²) in [6.45, 7) is 0. The molecule has 6 heteroatoms. The Hall–Kier alpha value is -0.910. The molecule has 2 nitrogen and oxygen atoms in total. The first-order chi connectivity index (χ1) is 6.46. The highest BCUT2D eigenvalue weighted by Crippen LogP contribution is 2.34. The third kappa shape index (κ3) is 2.31. The van der Waals surface area contributed by atoms with Crippen LogP contribution in [0.4, 0.5) is 13.2 Å². The number of carbonyl (C=O) groups is 1. The second-order valence-corrected chi connectivity index (χ2v) is 3.46. The maximum atomic E-state index is 12.4. The summed E-state index contributed by atoms with van der Waals surface area (Å²) in [5.74, 6) is 0. The highest BCUT2D eigenvalue weighted by Gasteiger charge is 2.35. The summed E-state index contributed by atoms with van der Waals surface area (Å²) < 4.78 is 37.1. The van der Waals surface area contributed by atoms with E-state index in [1.807, 2.05) is 0 Å². The molecule has 0 aromatic carbocycles. The molecule has 1 atom stereocenters. The minimum absolute atomic E-state index is 0.310. The van der Waals surface area contributed by atoms with E-state index in [2.05, 4.69) is 20.9 Å². The average Bonchev–Trinajstić information content (AvgIpc) is 2.15. The molecule has 0 aliphatic rings. The standard InChI is InChI=1S/C8H5BrF3NO/c9-6(4-14)7-5(8(10,11)12)2-1-3-13-7/h1-4,6H/t6-/m1/s1. The molecule has 1 aromatic rings. The fraction of sp³-hybridized carbons (Fsp3) is 0.250. The van der Waals surface area contributed by atoms with Gasteiger partial charge in [-0.25, -0.2) is 0 Å². The summed E-state index contributed by atoms with van der Waals surface area (Å²) in [6, 6.07) is 2.07. The van der Waals surface area contributed by atoms with Gasteiger partial charge in [-0.15, -0.1) is 0 Å². The van der Waals surface area contributed by atoms with Gasteiger partial charge in [-0.2, -0.15) is 13.2 Å². The van der Waals surface area contributed by atoms with E-state index in [0.717, 1.165) is 6.07 Å². The topological polar surface area (TPSA) is 30.0 Å². The summed E-state index contributed by atoms with van der Waals surface area (Å²) in [5, 5.41) is 0. The summed E-state index contributed by atoms with van der Waals surface area (Å²) in [5.41, 5.74) is -1.20. The van der Waals surface area contributed by atoms with Crippen molar-refractivity contribution in [2.45, 2.75) is 11.0 Å².